The molecule has 24 heteroatoms. The fraction of sp³-hybridized carbons (Fsp3) is 0.500. The molecule has 7 rings (SSSR count). The van der Waals surface area contributed by atoms with Crippen molar-refractivity contribution in [1.29, 1.82) is 0 Å². The monoisotopic (exact) mass is 676 g/mol. The Labute approximate surface area is 249 Å². The number of alkyl halides is 1. The van der Waals surface area contributed by atoms with Crippen LogP contribution in [0.2, 0.25) is 0 Å². The topological polar surface area (TPSA) is 266 Å². The van der Waals surface area contributed by atoms with Gasteiger partial charge in [-0.25, -0.2) is 23.5 Å². The summed E-state index contributed by atoms with van der Waals surface area (Å²) in [6, 6.07) is 0. The van der Waals surface area contributed by atoms with Gasteiger partial charge in [0, 0.05) is 13.0 Å². The van der Waals surface area contributed by atoms with E-state index in [1.807, 2.05) is 0 Å². The second-order valence-electron chi connectivity index (χ2n) is 10.00. The quantitative estimate of drug-likeness (QED) is 0.147. The summed E-state index contributed by atoms with van der Waals surface area (Å²) in [6.45, 7) is -5.19. The first-order valence-corrected chi connectivity index (χ1v) is 16.8. The zero-order chi connectivity index (χ0) is 31.0. The molecule has 0 spiro atoms. The van der Waals surface area contributed by atoms with E-state index in [0.717, 1.165) is 17.2 Å². The summed E-state index contributed by atoms with van der Waals surface area (Å²) in [5.74, 6) is -0.212. The van der Waals surface area contributed by atoms with Crippen LogP contribution < -0.4 is 21.6 Å². The molecule has 20 nitrogen and oxygen atoms in total. The van der Waals surface area contributed by atoms with E-state index < -0.39 is 84.3 Å². The van der Waals surface area contributed by atoms with Crippen LogP contribution in [-0.4, -0.2) is 96.1 Å². The van der Waals surface area contributed by atoms with Gasteiger partial charge in [0.2, 0.25) is 5.95 Å². The molecule has 6 N–H and O–H groups in total. The lowest BCUT2D eigenvalue weighted by Gasteiger charge is -2.26. The highest BCUT2D eigenvalue weighted by Gasteiger charge is 2.51. The lowest BCUT2D eigenvalue weighted by molar-refractivity contribution is -0.0454. The van der Waals surface area contributed by atoms with Gasteiger partial charge in [-0.2, -0.15) is 18.1 Å². The highest BCUT2D eigenvalue weighted by atomic mass is 32.5. The normalized spacial score (nSPS) is 34.4. The zero-order valence-electron chi connectivity index (χ0n) is 21.9. The van der Waals surface area contributed by atoms with Gasteiger partial charge < -0.3 is 29.6 Å². The van der Waals surface area contributed by atoms with Gasteiger partial charge in [-0.15, -0.1) is 0 Å². The Balaban J connectivity index is 1.19. The van der Waals surface area contributed by atoms with Crippen LogP contribution in [0.3, 0.4) is 0 Å². The minimum Gasteiger partial charge on any atom is -0.369 e. The maximum atomic E-state index is 15.9. The van der Waals surface area contributed by atoms with Crippen molar-refractivity contribution in [2.24, 2.45) is 0 Å². The van der Waals surface area contributed by atoms with E-state index in [4.69, 9.17) is 40.2 Å². The molecule has 1 unspecified atom stereocenters. The second kappa shape index (κ2) is 10.7. The maximum absolute atomic E-state index is 15.9. The molecule has 4 aromatic rings. The molecule has 0 aliphatic carbocycles. The van der Waals surface area contributed by atoms with E-state index in [1.54, 1.807) is 0 Å². The third-order valence-corrected chi connectivity index (χ3v) is 9.75. The van der Waals surface area contributed by atoms with Gasteiger partial charge in [0.05, 0.1) is 31.7 Å². The van der Waals surface area contributed by atoms with Crippen LogP contribution in [-0.2, 0) is 44.8 Å². The third-order valence-electron chi connectivity index (χ3n) is 7.17. The van der Waals surface area contributed by atoms with Crippen LogP contribution in [0.15, 0.2) is 28.6 Å². The molecule has 0 amide bonds. The van der Waals surface area contributed by atoms with Gasteiger partial charge in [0.25, 0.3) is 11.1 Å². The SMILES string of the molecule is Nc1nc2c(ncn2[C@@H]2O[C@@H]3COP(O)(=S)O[C@H]4[C@@H](F)[C@H](n5cnc6c(=O)[nH]cnc65)O[C@@H]4CNS(=O)(=O)O[C@@H]2C3)c(=O)[nH]1. The van der Waals surface area contributed by atoms with E-state index >= 15 is 4.39 Å². The molecule has 3 aliphatic heterocycles. The molecular formula is C20H22FN10O10PS2. The number of nitrogens with one attached hydrogen (secondary N) is 3. The fourth-order valence-corrected chi connectivity index (χ4v) is 7.68. The molecule has 0 saturated carbocycles. The Kier molecular flexibility index (Phi) is 7.15. The maximum Gasteiger partial charge on any atom is 0.336 e. The van der Waals surface area contributed by atoms with Crippen LogP contribution in [0.5, 0.6) is 0 Å². The lowest BCUT2D eigenvalue weighted by atomic mass is 10.1. The van der Waals surface area contributed by atoms with E-state index in [2.05, 4.69) is 34.6 Å². The molecule has 3 saturated heterocycles. The number of aromatic amines is 2. The minimum absolute atomic E-state index is 0.000711. The summed E-state index contributed by atoms with van der Waals surface area (Å²) in [5.41, 5.74) is 4.30. The van der Waals surface area contributed by atoms with Crippen molar-refractivity contribution < 1.29 is 40.4 Å². The number of nitrogen functional groups attached to an aromatic ring is 1. The summed E-state index contributed by atoms with van der Waals surface area (Å²) in [4.78, 5) is 56.0. The number of nitrogens with zero attached hydrogens (tertiary/aromatic N) is 6. The summed E-state index contributed by atoms with van der Waals surface area (Å²) in [6.07, 6.45) is -6.53. The Bertz CT molecular complexity index is 2040. The average molecular weight is 677 g/mol. The number of anilines is 1. The molecule has 8 atom stereocenters. The van der Waals surface area contributed by atoms with Crippen molar-refractivity contribution in [3.8, 4) is 0 Å². The van der Waals surface area contributed by atoms with Crippen LogP contribution in [0, 0.1) is 0 Å². The van der Waals surface area contributed by atoms with Crippen LogP contribution in [0.1, 0.15) is 18.9 Å². The van der Waals surface area contributed by atoms with Gasteiger partial charge in [0.15, 0.2) is 41.0 Å². The summed E-state index contributed by atoms with van der Waals surface area (Å²) < 4.78 is 75.0. The predicted octanol–water partition coefficient (Wildman–Crippen LogP) is -1.79. The van der Waals surface area contributed by atoms with Crippen molar-refractivity contribution in [2.45, 2.75) is 49.5 Å². The van der Waals surface area contributed by atoms with E-state index in [1.165, 1.54) is 10.9 Å². The second-order valence-corrected chi connectivity index (χ2v) is 14.2. The Morgan fingerprint density at radius 2 is 1.80 bits per heavy atom. The molecule has 4 aromatic heterocycles. The van der Waals surface area contributed by atoms with Crippen molar-refractivity contribution in [2.75, 3.05) is 18.9 Å². The van der Waals surface area contributed by atoms with Crippen LogP contribution in [0.4, 0.5) is 10.3 Å². The van der Waals surface area contributed by atoms with Crippen LogP contribution >= 0.6 is 6.72 Å². The molecule has 2 bridgehead atoms. The highest BCUT2D eigenvalue weighted by molar-refractivity contribution is 8.07. The Morgan fingerprint density at radius 3 is 2.57 bits per heavy atom. The first-order chi connectivity index (χ1) is 20.9. The summed E-state index contributed by atoms with van der Waals surface area (Å²) in [7, 11) is -4.58. The van der Waals surface area contributed by atoms with Crippen molar-refractivity contribution in [3.63, 3.8) is 0 Å². The van der Waals surface area contributed by atoms with Crippen LogP contribution in [0.25, 0.3) is 22.3 Å². The Morgan fingerprint density at radius 1 is 1.07 bits per heavy atom. The number of ether oxygens (including phenoxy) is 2. The smallest absolute Gasteiger partial charge is 0.336 e. The standard InChI is InChI=1S/C20H22FN10O10PS2/c21-10-13-9(39-19(10)30-5-25-11-14(30)23-4-24-16(11)32)2-27-44(35,36)41-8-1-7(3-37-42(34,43)40-13)38-18(8)31-6-26-12-15(31)28-20(22)29-17(12)33/h4-10,13,18-19,27H,1-3H2,(H,34,43)(H,23,24,32)(H3,22,28,29,33)/t7-,8+,9+,10+,13+,18+,19+,42?/m0/s1. The molecule has 3 fully saturated rings. The number of aromatic nitrogens is 8. The number of fused-ring (bicyclic) bond motifs is 5. The van der Waals surface area contributed by atoms with Crippen molar-refractivity contribution in [3.05, 3.63) is 39.7 Å². The number of halogens is 1. The number of hydrogen-bond acceptors (Lipinski definition) is 15. The molecule has 3 aliphatic rings. The first kappa shape index (κ1) is 29.5. The van der Waals surface area contributed by atoms with E-state index in [-0.39, 0.29) is 34.7 Å². The van der Waals surface area contributed by atoms with Crippen molar-refractivity contribution >= 4 is 57.1 Å². The number of H-pyrrole nitrogens is 2. The molecular weight excluding hydrogens is 654 g/mol. The number of nitrogens with two attached hydrogens (primary N) is 1. The van der Waals surface area contributed by atoms with Crippen molar-refractivity contribution in [1.82, 2.24) is 43.8 Å². The van der Waals surface area contributed by atoms with Gasteiger partial charge in [0.1, 0.15) is 18.3 Å². The first-order valence-electron chi connectivity index (χ1n) is 12.8. The van der Waals surface area contributed by atoms with E-state index in [0.29, 0.717) is 0 Å². The molecule has 0 radical (unpaired) electrons. The molecule has 0 aromatic carbocycles. The summed E-state index contributed by atoms with van der Waals surface area (Å²) >= 11 is 5.15. The number of hydrogen-bond donors (Lipinski definition) is 5. The molecule has 7 heterocycles. The number of rotatable bonds is 2. The lowest BCUT2D eigenvalue weighted by Crippen LogP contribution is -2.42. The molecule has 236 valence electrons. The predicted molar refractivity (Wildman–Crippen MR) is 147 cm³/mol. The molecule has 44 heavy (non-hydrogen) atoms. The summed E-state index contributed by atoms with van der Waals surface area (Å²) in [5, 5.41) is 0. The Hall–Kier alpha value is -3.25. The largest absolute Gasteiger partial charge is 0.369 e. The van der Waals surface area contributed by atoms with Gasteiger partial charge in [-0.1, -0.05) is 0 Å². The van der Waals surface area contributed by atoms with Gasteiger partial charge >= 0.3 is 17.0 Å². The third kappa shape index (κ3) is 5.23. The average Bonchev–Trinajstić information content (AvgIpc) is 3.72. The van der Waals surface area contributed by atoms with Gasteiger partial charge in [-0.3, -0.25) is 28.2 Å². The highest BCUT2D eigenvalue weighted by Crippen LogP contribution is 2.50. The van der Waals surface area contributed by atoms with E-state index in [9.17, 15) is 22.9 Å². The zero-order valence-corrected chi connectivity index (χ0v) is 24.4. The minimum atomic E-state index is -4.58. The van der Waals surface area contributed by atoms with Gasteiger partial charge in [-0.05, 0) is 11.8 Å². The number of imidazole rings is 2. The fourth-order valence-electron chi connectivity index (χ4n) is 5.28.